The highest BCUT2D eigenvalue weighted by Crippen LogP contribution is 2.36. The van der Waals surface area contributed by atoms with E-state index >= 15 is 0 Å². The van der Waals surface area contributed by atoms with Crippen LogP contribution in [0.2, 0.25) is 0 Å². The minimum Gasteiger partial charge on any atom is -0.261 e. The van der Waals surface area contributed by atoms with E-state index in [-0.39, 0.29) is 0 Å². The van der Waals surface area contributed by atoms with Gasteiger partial charge in [-0.15, -0.1) is 0 Å². The van der Waals surface area contributed by atoms with Gasteiger partial charge in [0.2, 0.25) is 0 Å². The third-order valence-electron chi connectivity index (χ3n) is 3.55. The van der Waals surface area contributed by atoms with Crippen LogP contribution in [0.4, 0.5) is 0 Å². The molecule has 4 heteroatoms. The Morgan fingerprint density at radius 3 is 2.88 bits per heavy atom. The van der Waals surface area contributed by atoms with Gasteiger partial charge in [-0.05, 0) is 25.0 Å². The van der Waals surface area contributed by atoms with Gasteiger partial charge in [-0.3, -0.25) is 4.68 Å². The van der Waals surface area contributed by atoms with Crippen LogP contribution in [0.15, 0.2) is 28.9 Å². The fraction of sp³-hybridized carbons (Fsp3) is 0.462. The molecule has 1 aromatic carbocycles. The Hall–Kier alpha value is -0.350. The van der Waals surface area contributed by atoms with Gasteiger partial charge in [-0.2, -0.15) is 5.10 Å². The van der Waals surface area contributed by atoms with Crippen molar-refractivity contribution in [2.75, 3.05) is 0 Å². The van der Waals surface area contributed by atoms with E-state index in [0.717, 1.165) is 4.47 Å². The molecule has 1 aromatic heterocycles. The van der Waals surface area contributed by atoms with Crippen molar-refractivity contribution in [3.63, 3.8) is 0 Å². The molecule has 2 atom stereocenters. The van der Waals surface area contributed by atoms with E-state index in [4.69, 9.17) is 0 Å². The predicted molar refractivity (Wildman–Crippen MR) is 77.7 cm³/mol. The molecular weight excluding hydrogens is 344 g/mol. The minimum absolute atomic E-state index is 0.496. The fourth-order valence-corrected chi connectivity index (χ4v) is 3.91. The molecule has 0 bridgehead atoms. The lowest BCUT2D eigenvalue weighted by Crippen LogP contribution is -2.23. The molecule has 0 N–H and O–H groups in total. The molecule has 3 rings (SSSR count). The zero-order chi connectivity index (χ0) is 11.8. The molecule has 90 valence electrons. The highest BCUT2D eigenvalue weighted by molar-refractivity contribution is 9.10. The molecule has 1 aliphatic carbocycles. The molecule has 2 aromatic rings. The summed E-state index contributed by atoms with van der Waals surface area (Å²) in [6.07, 6.45) is 7.07. The van der Waals surface area contributed by atoms with Crippen molar-refractivity contribution in [1.82, 2.24) is 9.78 Å². The average molecular weight is 358 g/mol. The van der Waals surface area contributed by atoms with Gasteiger partial charge in [0, 0.05) is 14.7 Å². The first-order valence-corrected chi connectivity index (χ1v) is 7.74. The summed E-state index contributed by atoms with van der Waals surface area (Å²) in [7, 11) is 0. The molecular formula is C13H14Br2N2. The number of halogens is 2. The molecule has 1 heterocycles. The third kappa shape index (κ3) is 2.06. The highest BCUT2D eigenvalue weighted by Gasteiger charge is 2.26. The second kappa shape index (κ2) is 4.73. The van der Waals surface area contributed by atoms with E-state index in [1.807, 2.05) is 6.20 Å². The number of hydrogen-bond donors (Lipinski definition) is 0. The number of alkyl halides is 1. The number of hydrogen-bond acceptors (Lipinski definition) is 1. The zero-order valence-corrected chi connectivity index (χ0v) is 12.6. The molecule has 0 spiro atoms. The van der Waals surface area contributed by atoms with E-state index in [1.165, 1.54) is 36.6 Å². The largest absolute Gasteiger partial charge is 0.261 e. The first-order chi connectivity index (χ1) is 8.27. The fourth-order valence-electron chi connectivity index (χ4n) is 2.64. The Morgan fingerprint density at radius 1 is 1.24 bits per heavy atom. The van der Waals surface area contributed by atoms with Gasteiger partial charge in [0.15, 0.2) is 0 Å². The topological polar surface area (TPSA) is 17.8 Å². The van der Waals surface area contributed by atoms with Crippen LogP contribution in [0, 0.1) is 0 Å². The number of rotatable bonds is 1. The first kappa shape index (κ1) is 11.7. The quantitative estimate of drug-likeness (QED) is 0.677. The number of nitrogens with zero attached hydrogens (tertiary/aromatic N) is 2. The maximum absolute atomic E-state index is 4.59. The van der Waals surface area contributed by atoms with Crippen LogP contribution in [0.1, 0.15) is 31.7 Å². The van der Waals surface area contributed by atoms with E-state index in [0.29, 0.717) is 10.9 Å². The Kier molecular flexibility index (Phi) is 3.26. The SMILES string of the molecule is Brc1cccc2c1cnn2C1CCCCC1Br. The summed E-state index contributed by atoms with van der Waals surface area (Å²) < 4.78 is 3.32. The predicted octanol–water partition coefficient (Wildman–Crippen LogP) is 4.68. The van der Waals surface area contributed by atoms with Crippen LogP contribution in [-0.2, 0) is 0 Å². The lowest BCUT2D eigenvalue weighted by molar-refractivity contribution is 0.352. The monoisotopic (exact) mass is 356 g/mol. The molecule has 0 amide bonds. The van der Waals surface area contributed by atoms with Crippen LogP contribution in [0.3, 0.4) is 0 Å². The van der Waals surface area contributed by atoms with Crippen molar-refractivity contribution in [3.8, 4) is 0 Å². The minimum atomic E-state index is 0.496. The Morgan fingerprint density at radius 2 is 2.06 bits per heavy atom. The molecule has 0 aliphatic heterocycles. The Labute approximate surface area is 118 Å². The van der Waals surface area contributed by atoms with Crippen LogP contribution < -0.4 is 0 Å². The van der Waals surface area contributed by atoms with Gasteiger partial charge in [-0.1, -0.05) is 50.8 Å². The van der Waals surface area contributed by atoms with Crippen molar-refractivity contribution < 1.29 is 0 Å². The van der Waals surface area contributed by atoms with Crippen molar-refractivity contribution in [2.24, 2.45) is 0 Å². The van der Waals surface area contributed by atoms with Crippen LogP contribution >= 0.6 is 31.9 Å². The van der Waals surface area contributed by atoms with Crippen molar-refractivity contribution in [2.45, 2.75) is 36.6 Å². The molecule has 1 aliphatic rings. The zero-order valence-electron chi connectivity index (χ0n) is 9.44. The van der Waals surface area contributed by atoms with Crippen molar-refractivity contribution >= 4 is 42.8 Å². The van der Waals surface area contributed by atoms with Gasteiger partial charge >= 0.3 is 0 Å². The summed E-state index contributed by atoms with van der Waals surface area (Å²) in [6.45, 7) is 0. The maximum atomic E-state index is 4.59. The van der Waals surface area contributed by atoms with Gasteiger partial charge in [-0.25, -0.2) is 0 Å². The molecule has 2 unspecified atom stereocenters. The summed E-state index contributed by atoms with van der Waals surface area (Å²) in [5.41, 5.74) is 1.23. The van der Waals surface area contributed by atoms with E-state index in [1.54, 1.807) is 0 Å². The van der Waals surface area contributed by atoms with Crippen LogP contribution in [0.25, 0.3) is 10.9 Å². The summed E-state index contributed by atoms with van der Waals surface area (Å²) in [5, 5.41) is 5.79. The second-order valence-electron chi connectivity index (χ2n) is 4.63. The molecule has 1 saturated carbocycles. The Bertz CT molecular complexity index is 535. The lowest BCUT2D eigenvalue weighted by atomic mass is 9.95. The van der Waals surface area contributed by atoms with Gasteiger partial charge in [0.05, 0.1) is 17.8 Å². The van der Waals surface area contributed by atoms with Gasteiger partial charge in [0.1, 0.15) is 0 Å². The van der Waals surface area contributed by atoms with E-state index < -0.39 is 0 Å². The number of aromatic nitrogens is 2. The van der Waals surface area contributed by atoms with Crippen molar-refractivity contribution in [1.29, 1.82) is 0 Å². The third-order valence-corrected chi connectivity index (χ3v) is 5.31. The molecule has 2 nitrogen and oxygen atoms in total. The number of fused-ring (bicyclic) bond motifs is 1. The molecule has 1 fully saturated rings. The molecule has 0 radical (unpaired) electrons. The maximum Gasteiger partial charge on any atom is 0.0697 e. The van der Waals surface area contributed by atoms with Gasteiger partial charge < -0.3 is 0 Å². The van der Waals surface area contributed by atoms with Crippen molar-refractivity contribution in [3.05, 3.63) is 28.9 Å². The summed E-state index contributed by atoms with van der Waals surface area (Å²) in [4.78, 5) is 0.554. The average Bonchev–Trinajstić information content (AvgIpc) is 2.75. The summed E-state index contributed by atoms with van der Waals surface area (Å²) >= 11 is 7.39. The second-order valence-corrected chi connectivity index (χ2v) is 6.66. The smallest absolute Gasteiger partial charge is 0.0697 e. The molecule has 0 saturated heterocycles. The summed E-state index contributed by atoms with van der Waals surface area (Å²) in [6, 6.07) is 6.80. The first-order valence-electron chi connectivity index (χ1n) is 6.03. The standard InChI is InChI=1S/C13H14Br2N2/c14-10-5-3-7-12-9(10)8-16-17(12)13-6-2-1-4-11(13)15/h3,5,7-8,11,13H,1-2,4,6H2. The molecule has 17 heavy (non-hydrogen) atoms. The van der Waals surface area contributed by atoms with E-state index in [9.17, 15) is 0 Å². The summed E-state index contributed by atoms with van der Waals surface area (Å²) in [5.74, 6) is 0. The normalized spacial score (nSPS) is 25.3. The highest BCUT2D eigenvalue weighted by atomic mass is 79.9. The van der Waals surface area contributed by atoms with Crippen LogP contribution in [-0.4, -0.2) is 14.6 Å². The van der Waals surface area contributed by atoms with E-state index in [2.05, 4.69) is 59.8 Å². The Balaban J connectivity index is 2.08. The lowest BCUT2D eigenvalue weighted by Gasteiger charge is -2.28. The van der Waals surface area contributed by atoms with Crippen LogP contribution in [0.5, 0.6) is 0 Å². The number of benzene rings is 1. The van der Waals surface area contributed by atoms with Gasteiger partial charge in [0.25, 0.3) is 0 Å².